The van der Waals surface area contributed by atoms with Crippen molar-refractivity contribution in [2.24, 2.45) is 5.73 Å². The standard InChI is InChI=1S/C7H12N2O2S2.ClH/c1-6-2-5-12-7(6)13(10,11)9-4-3-8;/h2,5,9H,3-4,8H2,1H3;1H. The highest BCUT2D eigenvalue weighted by Crippen LogP contribution is 2.20. The summed E-state index contributed by atoms with van der Waals surface area (Å²) in [6.07, 6.45) is 0. The lowest BCUT2D eigenvalue weighted by Crippen LogP contribution is -2.28. The molecule has 0 radical (unpaired) electrons. The maximum Gasteiger partial charge on any atom is 0.250 e. The maximum atomic E-state index is 11.5. The van der Waals surface area contributed by atoms with Gasteiger partial charge in [-0.1, -0.05) is 0 Å². The Kier molecular flexibility index (Phi) is 5.61. The molecule has 3 N–H and O–H groups in total. The summed E-state index contributed by atoms with van der Waals surface area (Å²) < 4.78 is 25.8. The molecule has 4 nitrogen and oxygen atoms in total. The van der Waals surface area contributed by atoms with E-state index in [1.165, 1.54) is 11.3 Å². The van der Waals surface area contributed by atoms with Gasteiger partial charge in [-0.05, 0) is 23.9 Å². The van der Waals surface area contributed by atoms with Gasteiger partial charge in [-0.25, -0.2) is 13.1 Å². The average molecular weight is 257 g/mol. The number of nitrogens with two attached hydrogens (primary N) is 1. The fraction of sp³-hybridized carbons (Fsp3) is 0.429. The van der Waals surface area contributed by atoms with E-state index in [2.05, 4.69) is 4.72 Å². The number of hydrogen-bond donors (Lipinski definition) is 2. The topological polar surface area (TPSA) is 72.2 Å². The number of thiophene rings is 1. The van der Waals surface area contributed by atoms with Gasteiger partial charge >= 0.3 is 0 Å². The molecule has 7 heteroatoms. The fourth-order valence-electron chi connectivity index (χ4n) is 0.893. The normalized spacial score (nSPS) is 11.0. The van der Waals surface area contributed by atoms with Gasteiger partial charge < -0.3 is 5.73 Å². The molecule has 0 saturated carbocycles. The predicted molar refractivity (Wildman–Crippen MR) is 60.5 cm³/mol. The first-order chi connectivity index (χ1) is 6.08. The SMILES string of the molecule is Cc1ccsc1S(=O)(=O)NCCN.Cl. The smallest absolute Gasteiger partial charge is 0.250 e. The molecule has 1 rings (SSSR count). The summed E-state index contributed by atoms with van der Waals surface area (Å²) in [5.41, 5.74) is 5.98. The third-order valence-electron chi connectivity index (χ3n) is 1.50. The van der Waals surface area contributed by atoms with Crippen molar-refractivity contribution in [2.45, 2.75) is 11.1 Å². The van der Waals surface area contributed by atoms with Crippen LogP contribution in [0, 0.1) is 6.92 Å². The monoisotopic (exact) mass is 256 g/mol. The molecule has 0 aliphatic heterocycles. The number of aryl methyl sites for hydroxylation is 1. The summed E-state index contributed by atoms with van der Waals surface area (Å²) in [5, 5.41) is 1.76. The van der Waals surface area contributed by atoms with Crippen LogP contribution in [0.4, 0.5) is 0 Å². The van der Waals surface area contributed by atoms with E-state index in [4.69, 9.17) is 5.73 Å². The van der Waals surface area contributed by atoms with Crippen molar-refractivity contribution in [3.63, 3.8) is 0 Å². The third-order valence-corrected chi connectivity index (χ3v) is 4.65. The van der Waals surface area contributed by atoms with E-state index in [-0.39, 0.29) is 19.0 Å². The zero-order valence-corrected chi connectivity index (χ0v) is 10.1. The molecule has 0 atom stereocenters. The molecule has 0 bridgehead atoms. The van der Waals surface area contributed by atoms with E-state index in [0.29, 0.717) is 10.8 Å². The van der Waals surface area contributed by atoms with Crippen molar-refractivity contribution in [3.8, 4) is 0 Å². The first kappa shape index (κ1) is 13.9. The molecule has 0 aliphatic rings. The van der Waals surface area contributed by atoms with E-state index in [0.717, 1.165) is 5.56 Å². The lowest BCUT2D eigenvalue weighted by molar-refractivity contribution is 0.584. The first-order valence-electron chi connectivity index (χ1n) is 3.82. The van der Waals surface area contributed by atoms with Crippen molar-refractivity contribution in [1.29, 1.82) is 0 Å². The largest absolute Gasteiger partial charge is 0.329 e. The minimum Gasteiger partial charge on any atom is -0.329 e. The Morgan fingerprint density at radius 2 is 2.21 bits per heavy atom. The van der Waals surface area contributed by atoms with E-state index in [1.54, 1.807) is 18.4 Å². The zero-order valence-electron chi connectivity index (χ0n) is 7.69. The Bertz CT molecular complexity index is 375. The van der Waals surface area contributed by atoms with Gasteiger partial charge in [0.25, 0.3) is 0 Å². The second-order valence-electron chi connectivity index (χ2n) is 2.58. The van der Waals surface area contributed by atoms with E-state index >= 15 is 0 Å². The van der Waals surface area contributed by atoms with Crippen LogP contribution >= 0.6 is 23.7 Å². The zero-order chi connectivity index (χ0) is 9.90. The second kappa shape index (κ2) is 5.67. The molecular formula is C7H13ClN2O2S2. The highest BCUT2D eigenvalue weighted by atomic mass is 35.5. The van der Waals surface area contributed by atoms with Gasteiger partial charge in [0.15, 0.2) is 0 Å². The summed E-state index contributed by atoms with van der Waals surface area (Å²) in [7, 11) is -3.32. The Morgan fingerprint density at radius 3 is 2.64 bits per heavy atom. The molecule has 14 heavy (non-hydrogen) atoms. The minimum absolute atomic E-state index is 0. The van der Waals surface area contributed by atoms with Crippen LogP contribution < -0.4 is 10.5 Å². The van der Waals surface area contributed by atoms with Crippen molar-refractivity contribution in [2.75, 3.05) is 13.1 Å². The van der Waals surface area contributed by atoms with Crippen molar-refractivity contribution in [1.82, 2.24) is 4.72 Å². The van der Waals surface area contributed by atoms with Crippen LogP contribution in [0.1, 0.15) is 5.56 Å². The number of nitrogens with one attached hydrogen (secondary N) is 1. The van der Waals surface area contributed by atoms with Gasteiger partial charge in [-0.3, -0.25) is 0 Å². The van der Waals surface area contributed by atoms with Gasteiger partial charge in [0.1, 0.15) is 4.21 Å². The predicted octanol–water partition coefficient (Wildman–Crippen LogP) is 0.715. The molecule has 0 spiro atoms. The summed E-state index contributed by atoms with van der Waals surface area (Å²) in [6, 6.07) is 1.78. The number of sulfonamides is 1. The van der Waals surface area contributed by atoms with Crippen molar-refractivity contribution >= 4 is 33.8 Å². The Hall–Kier alpha value is -0.140. The average Bonchev–Trinajstić information content (AvgIpc) is 2.48. The van der Waals surface area contributed by atoms with E-state index in [9.17, 15) is 8.42 Å². The maximum absolute atomic E-state index is 11.5. The molecular weight excluding hydrogens is 244 g/mol. The molecule has 0 saturated heterocycles. The first-order valence-corrected chi connectivity index (χ1v) is 6.18. The van der Waals surface area contributed by atoms with Crippen molar-refractivity contribution < 1.29 is 8.42 Å². The summed E-state index contributed by atoms with van der Waals surface area (Å²) >= 11 is 1.22. The highest BCUT2D eigenvalue weighted by Gasteiger charge is 2.16. The molecule has 1 heterocycles. The van der Waals surface area contributed by atoms with Crippen LogP contribution in [0.2, 0.25) is 0 Å². The second-order valence-corrected chi connectivity index (χ2v) is 5.46. The molecule has 1 aromatic heterocycles. The molecule has 0 aliphatic carbocycles. The fourth-order valence-corrected chi connectivity index (χ4v) is 3.40. The third kappa shape index (κ3) is 3.21. The lowest BCUT2D eigenvalue weighted by Gasteiger charge is -2.03. The number of halogens is 1. The van der Waals surface area contributed by atoms with Crippen LogP contribution in [-0.2, 0) is 10.0 Å². The molecule has 82 valence electrons. The molecule has 0 fully saturated rings. The number of hydrogen-bond acceptors (Lipinski definition) is 4. The number of rotatable bonds is 4. The van der Waals surface area contributed by atoms with Crippen LogP contribution in [0.5, 0.6) is 0 Å². The lowest BCUT2D eigenvalue weighted by atomic mass is 10.4. The summed E-state index contributed by atoms with van der Waals surface area (Å²) in [6.45, 7) is 2.36. The Morgan fingerprint density at radius 1 is 1.57 bits per heavy atom. The van der Waals surface area contributed by atoms with Crippen LogP contribution in [-0.4, -0.2) is 21.5 Å². The van der Waals surface area contributed by atoms with Crippen LogP contribution in [0.15, 0.2) is 15.7 Å². The molecule has 0 unspecified atom stereocenters. The Labute approximate surface area is 94.0 Å². The summed E-state index contributed by atoms with van der Waals surface area (Å²) in [4.78, 5) is 0. The molecule has 1 aromatic rings. The molecule has 0 aromatic carbocycles. The van der Waals surface area contributed by atoms with Crippen LogP contribution in [0.25, 0.3) is 0 Å². The van der Waals surface area contributed by atoms with Gasteiger partial charge in [-0.15, -0.1) is 23.7 Å². The quantitative estimate of drug-likeness (QED) is 0.834. The Balaban J connectivity index is 0.00000169. The minimum atomic E-state index is -3.32. The highest BCUT2D eigenvalue weighted by molar-refractivity contribution is 7.91. The van der Waals surface area contributed by atoms with Gasteiger partial charge in [0.05, 0.1) is 0 Å². The van der Waals surface area contributed by atoms with Crippen LogP contribution in [0.3, 0.4) is 0 Å². The molecule has 0 amide bonds. The van der Waals surface area contributed by atoms with Crippen molar-refractivity contribution in [3.05, 3.63) is 17.0 Å². The van der Waals surface area contributed by atoms with Gasteiger partial charge in [-0.2, -0.15) is 0 Å². The van der Waals surface area contributed by atoms with Gasteiger partial charge in [0.2, 0.25) is 10.0 Å². The summed E-state index contributed by atoms with van der Waals surface area (Å²) in [5.74, 6) is 0. The van der Waals surface area contributed by atoms with E-state index in [1.807, 2.05) is 0 Å². The van der Waals surface area contributed by atoms with Gasteiger partial charge in [0, 0.05) is 13.1 Å². The van der Waals surface area contributed by atoms with E-state index < -0.39 is 10.0 Å².